The number of aliphatic hydroxyl groups is 1. The van der Waals surface area contributed by atoms with Gasteiger partial charge in [-0.15, -0.1) is 0 Å². The lowest BCUT2D eigenvalue weighted by Crippen LogP contribution is -2.48. The Morgan fingerprint density at radius 1 is 0.900 bits per heavy atom. The molecule has 0 radical (unpaired) electrons. The van der Waals surface area contributed by atoms with E-state index >= 15 is 0 Å². The Morgan fingerprint density at radius 2 is 1.60 bits per heavy atom. The predicted octanol–water partition coefficient (Wildman–Crippen LogP) is 3.57. The van der Waals surface area contributed by atoms with Crippen LogP contribution in [0.4, 0.5) is 0 Å². The number of rotatable bonds is 0. The van der Waals surface area contributed by atoms with Crippen molar-refractivity contribution >= 4 is 5.78 Å². The molecule has 4 saturated carbocycles. The summed E-state index contributed by atoms with van der Waals surface area (Å²) in [6.45, 7) is 4.31. The van der Waals surface area contributed by atoms with Crippen molar-refractivity contribution in [3.8, 4) is 0 Å². The molecule has 4 fully saturated rings. The molecule has 0 aliphatic heterocycles. The summed E-state index contributed by atoms with van der Waals surface area (Å²) in [7, 11) is 0. The van der Waals surface area contributed by atoms with Crippen molar-refractivity contribution in [3.63, 3.8) is 0 Å². The Kier molecular flexibility index (Phi) is 2.72. The van der Waals surface area contributed by atoms with E-state index in [1.54, 1.807) is 0 Å². The fraction of sp³-hybridized carbons (Fsp3) is 0.944. The largest absolute Gasteiger partial charge is 0.390 e. The highest BCUT2D eigenvalue weighted by molar-refractivity contribution is 5.87. The molecule has 0 aromatic carbocycles. The van der Waals surface area contributed by atoms with Gasteiger partial charge in [-0.1, -0.05) is 6.92 Å². The van der Waals surface area contributed by atoms with Crippen LogP contribution in [-0.4, -0.2) is 16.5 Å². The van der Waals surface area contributed by atoms with Crippen molar-refractivity contribution in [2.45, 2.75) is 70.8 Å². The molecule has 112 valence electrons. The van der Waals surface area contributed by atoms with E-state index in [-0.39, 0.29) is 5.41 Å². The molecule has 20 heavy (non-hydrogen) atoms. The molecule has 0 bridgehead atoms. The zero-order chi connectivity index (χ0) is 14.1. The average Bonchev–Trinajstić information content (AvgIpc) is 2.88. The summed E-state index contributed by atoms with van der Waals surface area (Å²) in [5.74, 6) is 4.04. The van der Waals surface area contributed by atoms with E-state index in [9.17, 15) is 9.90 Å². The molecular weight excluding hydrogens is 248 g/mol. The van der Waals surface area contributed by atoms with Gasteiger partial charge in [0.1, 0.15) is 5.78 Å². The van der Waals surface area contributed by atoms with Gasteiger partial charge in [-0.25, -0.2) is 0 Å². The van der Waals surface area contributed by atoms with Crippen molar-refractivity contribution in [2.24, 2.45) is 35.0 Å². The monoisotopic (exact) mass is 276 g/mol. The molecule has 0 spiro atoms. The molecule has 7 atom stereocenters. The third-order valence-corrected chi connectivity index (χ3v) is 7.86. The normalized spacial score (nSPS) is 58.1. The molecule has 0 aromatic heterocycles. The minimum atomic E-state index is -0.415. The van der Waals surface area contributed by atoms with Crippen LogP contribution >= 0.6 is 0 Å². The van der Waals surface area contributed by atoms with Crippen LogP contribution < -0.4 is 0 Å². The number of hydrogen-bond donors (Lipinski definition) is 1. The molecule has 0 aromatic rings. The van der Waals surface area contributed by atoms with Crippen LogP contribution in [0.2, 0.25) is 0 Å². The molecule has 0 heterocycles. The molecule has 4 aliphatic carbocycles. The molecule has 0 unspecified atom stereocenters. The molecule has 1 N–H and O–H groups in total. The summed E-state index contributed by atoms with van der Waals surface area (Å²) in [6, 6.07) is 0. The fourth-order valence-electron chi connectivity index (χ4n) is 6.75. The summed E-state index contributed by atoms with van der Waals surface area (Å²) >= 11 is 0. The van der Waals surface area contributed by atoms with E-state index in [2.05, 4.69) is 13.8 Å². The predicted molar refractivity (Wildman–Crippen MR) is 78.1 cm³/mol. The van der Waals surface area contributed by atoms with Crippen molar-refractivity contribution in [2.75, 3.05) is 0 Å². The third-order valence-electron chi connectivity index (χ3n) is 7.86. The van der Waals surface area contributed by atoms with Gasteiger partial charge in [-0.2, -0.15) is 0 Å². The minimum absolute atomic E-state index is 0.00905. The van der Waals surface area contributed by atoms with Gasteiger partial charge in [-0.3, -0.25) is 4.79 Å². The van der Waals surface area contributed by atoms with E-state index in [0.29, 0.717) is 17.6 Å². The van der Waals surface area contributed by atoms with Crippen LogP contribution in [0.5, 0.6) is 0 Å². The summed E-state index contributed by atoms with van der Waals surface area (Å²) in [5.41, 5.74) is -0.406. The van der Waals surface area contributed by atoms with E-state index in [4.69, 9.17) is 0 Å². The van der Waals surface area contributed by atoms with Crippen LogP contribution in [0.25, 0.3) is 0 Å². The number of hydrogen-bond acceptors (Lipinski definition) is 2. The summed E-state index contributed by atoms with van der Waals surface area (Å²) in [4.78, 5) is 12.3. The Morgan fingerprint density at radius 3 is 2.40 bits per heavy atom. The zero-order valence-corrected chi connectivity index (χ0v) is 12.9. The number of fused-ring (bicyclic) bond motifs is 5. The first-order chi connectivity index (χ1) is 9.43. The molecular formula is C18H28O2. The van der Waals surface area contributed by atoms with Gasteiger partial charge in [0.2, 0.25) is 0 Å². The van der Waals surface area contributed by atoms with Crippen LogP contribution in [-0.2, 0) is 4.79 Å². The van der Waals surface area contributed by atoms with Gasteiger partial charge in [-0.05, 0) is 81.5 Å². The van der Waals surface area contributed by atoms with Gasteiger partial charge in [0, 0.05) is 11.8 Å². The maximum Gasteiger partial charge on any atom is 0.139 e. The van der Waals surface area contributed by atoms with Crippen LogP contribution in [0.15, 0.2) is 0 Å². The second-order valence-corrected chi connectivity index (χ2v) is 8.60. The highest BCUT2D eigenvalue weighted by Crippen LogP contribution is 2.63. The Balaban J connectivity index is 1.62. The third kappa shape index (κ3) is 1.58. The van der Waals surface area contributed by atoms with Crippen molar-refractivity contribution < 1.29 is 9.90 Å². The van der Waals surface area contributed by atoms with E-state index in [1.165, 1.54) is 25.7 Å². The zero-order valence-electron chi connectivity index (χ0n) is 12.9. The topological polar surface area (TPSA) is 37.3 Å². The van der Waals surface area contributed by atoms with E-state index < -0.39 is 5.60 Å². The van der Waals surface area contributed by atoms with Gasteiger partial charge >= 0.3 is 0 Å². The summed E-state index contributed by atoms with van der Waals surface area (Å²) in [5, 5.41) is 10.6. The van der Waals surface area contributed by atoms with Gasteiger partial charge in [0.05, 0.1) is 5.60 Å². The first-order valence-corrected chi connectivity index (χ1v) is 8.69. The average molecular weight is 276 g/mol. The van der Waals surface area contributed by atoms with Crippen LogP contribution in [0.3, 0.4) is 0 Å². The van der Waals surface area contributed by atoms with Crippen LogP contribution in [0.1, 0.15) is 65.2 Å². The number of carbonyl (C=O) groups is 1. The standard InChI is InChI=1S/C18H28O2/c1-17-9-7-11-12(14(17)5-6-16(17)19)3-4-15-13(11)8-10-18(15,2)20/h11-15,20H,3-10H2,1-2H3/t11-,12+,13+,14-,15+,17-,18+/m0/s1. The van der Waals surface area contributed by atoms with Crippen LogP contribution in [0, 0.1) is 35.0 Å². The lowest BCUT2D eigenvalue weighted by Gasteiger charge is -2.52. The molecule has 2 nitrogen and oxygen atoms in total. The molecule has 4 rings (SSSR count). The second-order valence-electron chi connectivity index (χ2n) is 8.60. The summed E-state index contributed by atoms with van der Waals surface area (Å²) < 4.78 is 0. The SMILES string of the molecule is C[C@@]1(O)CC[C@@H]2[C@H]3CC[C@]4(C)C(=O)CC[C@H]4[C@@H]3CC[C@H]21. The van der Waals surface area contributed by atoms with Gasteiger partial charge < -0.3 is 5.11 Å². The quantitative estimate of drug-likeness (QED) is 0.734. The maximum absolute atomic E-state index is 12.3. The van der Waals surface area contributed by atoms with E-state index in [1.807, 2.05) is 0 Å². The number of ketones is 1. The number of Topliss-reactive ketones (excluding diaryl/α,β-unsaturated/α-hetero) is 1. The molecule has 0 amide bonds. The smallest absolute Gasteiger partial charge is 0.139 e. The summed E-state index contributed by atoms with van der Waals surface area (Å²) in [6.07, 6.45) is 8.99. The van der Waals surface area contributed by atoms with Crippen molar-refractivity contribution in [3.05, 3.63) is 0 Å². The molecule has 0 saturated heterocycles. The Hall–Kier alpha value is -0.370. The molecule has 4 aliphatic rings. The van der Waals surface area contributed by atoms with E-state index in [0.717, 1.165) is 43.4 Å². The fourth-order valence-corrected chi connectivity index (χ4v) is 6.75. The second kappa shape index (κ2) is 4.09. The Bertz CT molecular complexity index is 441. The maximum atomic E-state index is 12.3. The van der Waals surface area contributed by atoms with Crippen molar-refractivity contribution in [1.82, 2.24) is 0 Å². The lowest BCUT2D eigenvalue weighted by atomic mass is 9.52. The lowest BCUT2D eigenvalue weighted by molar-refractivity contribution is -0.133. The minimum Gasteiger partial charge on any atom is -0.390 e. The first kappa shape index (κ1) is 13.3. The van der Waals surface area contributed by atoms with Gasteiger partial charge in [0.25, 0.3) is 0 Å². The molecule has 2 heteroatoms. The van der Waals surface area contributed by atoms with Crippen molar-refractivity contribution in [1.29, 1.82) is 0 Å². The highest BCUT2D eigenvalue weighted by Gasteiger charge is 2.59. The highest BCUT2D eigenvalue weighted by atomic mass is 16.3. The van der Waals surface area contributed by atoms with Gasteiger partial charge in [0.15, 0.2) is 0 Å². The Labute approximate surface area is 122 Å². The first-order valence-electron chi connectivity index (χ1n) is 8.69. The number of carbonyl (C=O) groups excluding carboxylic acids is 1.